The SMILES string of the molecule is CC1c2nnc(C3CCCC3)n2CCN1C(=O)c1cc(C#N)cn1C. The minimum absolute atomic E-state index is 0.0619. The van der Waals surface area contributed by atoms with E-state index >= 15 is 0 Å². The number of carbonyl (C=O) groups is 1. The number of nitriles is 1. The van der Waals surface area contributed by atoms with Crippen molar-refractivity contribution in [1.29, 1.82) is 5.26 Å². The Morgan fingerprint density at radius 2 is 1.96 bits per heavy atom. The highest BCUT2D eigenvalue weighted by Crippen LogP contribution is 2.35. The first-order chi connectivity index (χ1) is 12.1. The van der Waals surface area contributed by atoms with Crippen LogP contribution in [0.2, 0.25) is 0 Å². The lowest BCUT2D eigenvalue weighted by Crippen LogP contribution is -2.42. The van der Waals surface area contributed by atoms with Crippen LogP contribution < -0.4 is 0 Å². The Bertz CT molecular complexity index is 852. The highest BCUT2D eigenvalue weighted by Gasteiger charge is 2.34. The predicted octanol–water partition coefficient (Wildman–Crippen LogP) is 2.36. The molecule has 0 radical (unpaired) electrons. The van der Waals surface area contributed by atoms with Gasteiger partial charge in [0.2, 0.25) is 0 Å². The highest BCUT2D eigenvalue weighted by atomic mass is 16.2. The van der Waals surface area contributed by atoms with Gasteiger partial charge in [0, 0.05) is 32.3 Å². The van der Waals surface area contributed by atoms with Gasteiger partial charge in [0.05, 0.1) is 11.6 Å². The molecule has 0 saturated heterocycles. The van der Waals surface area contributed by atoms with Crippen LogP contribution in [-0.4, -0.2) is 36.7 Å². The molecule has 0 bridgehead atoms. The summed E-state index contributed by atoms with van der Waals surface area (Å²) in [6.07, 6.45) is 6.59. The lowest BCUT2D eigenvalue weighted by molar-refractivity contribution is 0.0626. The van der Waals surface area contributed by atoms with E-state index in [-0.39, 0.29) is 11.9 Å². The Hall–Kier alpha value is -2.62. The summed E-state index contributed by atoms with van der Waals surface area (Å²) in [5, 5.41) is 17.9. The average Bonchev–Trinajstić information content (AvgIpc) is 3.33. The molecule has 25 heavy (non-hydrogen) atoms. The highest BCUT2D eigenvalue weighted by molar-refractivity contribution is 5.93. The molecule has 2 aromatic rings. The van der Waals surface area contributed by atoms with Gasteiger partial charge in [-0.2, -0.15) is 5.26 Å². The van der Waals surface area contributed by atoms with E-state index in [9.17, 15) is 4.79 Å². The Balaban J connectivity index is 1.61. The topological polar surface area (TPSA) is 79.7 Å². The van der Waals surface area contributed by atoms with Gasteiger partial charge < -0.3 is 14.0 Å². The maximum Gasteiger partial charge on any atom is 0.271 e. The largest absolute Gasteiger partial charge is 0.345 e. The minimum atomic E-state index is -0.121. The molecular weight excluding hydrogens is 316 g/mol. The van der Waals surface area contributed by atoms with Crippen molar-refractivity contribution in [2.75, 3.05) is 6.54 Å². The summed E-state index contributed by atoms with van der Waals surface area (Å²) in [5.41, 5.74) is 1.04. The Morgan fingerprint density at radius 1 is 1.24 bits per heavy atom. The fourth-order valence-electron chi connectivity index (χ4n) is 4.16. The molecule has 1 saturated carbocycles. The van der Waals surface area contributed by atoms with Gasteiger partial charge in [0.1, 0.15) is 17.6 Å². The van der Waals surface area contributed by atoms with E-state index in [4.69, 9.17) is 5.26 Å². The molecule has 2 aromatic heterocycles. The Kier molecular flexibility index (Phi) is 3.83. The molecule has 7 heteroatoms. The summed E-state index contributed by atoms with van der Waals surface area (Å²) in [7, 11) is 1.80. The van der Waals surface area contributed by atoms with E-state index in [1.165, 1.54) is 25.7 Å². The molecule has 1 fully saturated rings. The van der Waals surface area contributed by atoms with Crippen LogP contribution in [0.1, 0.15) is 72.3 Å². The van der Waals surface area contributed by atoms with Crippen LogP contribution in [0.15, 0.2) is 12.3 Å². The zero-order chi connectivity index (χ0) is 17.6. The van der Waals surface area contributed by atoms with Gasteiger partial charge >= 0.3 is 0 Å². The second-order valence-corrected chi connectivity index (χ2v) is 7.06. The second kappa shape index (κ2) is 6.03. The van der Waals surface area contributed by atoms with Crippen LogP contribution in [0.3, 0.4) is 0 Å². The zero-order valence-electron chi connectivity index (χ0n) is 14.6. The smallest absolute Gasteiger partial charge is 0.271 e. The van der Waals surface area contributed by atoms with Crippen molar-refractivity contribution in [3.05, 3.63) is 35.2 Å². The first kappa shape index (κ1) is 15.9. The van der Waals surface area contributed by atoms with Gasteiger partial charge in [-0.15, -0.1) is 10.2 Å². The molecule has 3 heterocycles. The monoisotopic (exact) mass is 338 g/mol. The molecule has 1 atom stereocenters. The number of aryl methyl sites for hydroxylation is 1. The number of carbonyl (C=O) groups excluding carboxylic acids is 1. The molecule has 0 aromatic carbocycles. The van der Waals surface area contributed by atoms with Gasteiger partial charge in [-0.05, 0) is 25.8 Å². The molecule has 2 aliphatic rings. The summed E-state index contributed by atoms with van der Waals surface area (Å²) in [6.45, 7) is 3.38. The standard InChI is InChI=1S/C18H22N6O/c1-12-16-20-21-17(14-5-3-4-6-14)24(16)8-7-23(12)18(25)15-9-13(10-19)11-22(15)2/h9,11-12,14H,3-8H2,1-2H3. The van der Waals surface area contributed by atoms with Crippen LogP contribution in [0.25, 0.3) is 0 Å². The van der Waals surface area contributed by atoms with Gasteiger partial charge in [0.25, 0.3) is 5.91 Å². The number of rotatable bonds is 2. The van der Waals surface area contributed by atoms with Gasteiger partial charge in [-0.25, -0.2) is 0 Å². The lowest BCUT2D eigenvalue weighted by Gasteiger charge is -2.34. The molecular formula is C18H22N6O. The average molecular weight is 338 g/mol. The Labute approximate surface area is 146 Å². The molecule has 7 nitrogen and oxygen atoms in total. The molecule has 0 spiro atoms. The van der Waals surface area contributed by atoms with Crippen LogP contribution in [0, 0.1) is 11.3 Å². The molecule has 1 unspecified atom stereocenters. The molecule has 1 aliphatic heterocycles. The van der Waals surface area contributed by atoms with Crippen LogP contribution in [-0.2, 0) is 13.6 Å². The molecule has 130 valence electrons. The number of fused-ring (bicyclic) bond motifs is 1. The van der Waals surface area contributed by atoms with E-state index in [0.29, 0.717) is 23.7 Å². The zero-order valence-corrected chi connectivity index (χ0v) is 14.6. The first-order valence-corrected chi connectivity index (χ1v) is 8.90. The van der Waals surface area contributed by atoms with Crippen molar-refractivity contribution in [2.24, 2.45) is 7.05 Å². The Morgan fingerprint density at radius 3 is 2.64 bits per heavy atom. The minimum Gasteiger partial charge on any atom is -0.345 e. The van der Waals surface area contributed by atoms with Crippen molar-refractivity contribution >= 4 is 5.91 Å². The molecule has 1 aliphatic carbocycles. The van der Waals surface area contributed by atoms with Crippen molar-refractivity contribution in [1.82, 2.24) is 24.2 Å². The van der Waals surface area contributed by atoms with Crippen molar-refractivity contribution in [3.8, 4) is 6.07 Å². The number of nitrogens with zero attached hydrogens (tertiary/aromatic N) is 6. The lowest BCUT2D eigenvalue weighted by atomic mass is 10.1. The van der Waals surface area contributed by atoms with Crippen LogP contribution in [0.5, 0.6) is 0 Å². The predicted molar refractivity (Wildman–Crippen MR) is 90.8 cm³/mol. The van der Waals surface area contributed by atoms with Gasteiger partial charge in [0.15, 0.2) is 5.82 Å². The van der Waals surface area contributed by atoms with E-state index in [0.717, 1.165) is 18.2 Å². The van der Waals surface area contributed by atoms with E-state index in [1.807, 2.05) is 11.8 Å². The normalized spacial score (nSPS) is 20.5. The maximum atomic E-state index is 13.0. The quantitative estimate of drug-likeness (QED) is 0.842. The van der Waals surface area contributed by atoms with E-state index in [2.05, 4.69) is 20.8 Å². The van der Waals surface area contributed by atoms with Gasteiger partial charge in [-0.3, -0.25) is 4.79 Å². The van der Waals surface area contributed by atoms with Gasteiger partial charge in [-0.1, -0.05) is 12.8 Å². The summed E-state index contributed by atoms with van der Waals surface area (Å²) in [5.74, 6) is 2.42. The third-order valence-electron chi connectivity index (χ3n) is 5.55. The maximum absolute atomic E-state index is 13.0. The number of aromatic nitrogens is 4. The fraction of sp³-hybridized carbons (Fsp3) is 0.556. The molecule has 0 N–H and O–H groups in total. The van der Waals surface area contributed by atoms with Crippen LogP contribution in [0.4, 0.5) is 0 Å². The van der Waals surface area contributed by atoms with E-state index in [1.54, 1.807) is 23.9 Å². The first-order valence-electron chi connectivity index (χ1n) is 8.90. The molecule has 1 amide bonds. The number of hydrogen-bond acceptors (Lipinski definition) is 4. The number of hydrogen-bond donors (Lipinski definition) is 0. The summed E-state index contributed by atoms with van der Waals surface area (Å²) < 4.78 is 3.94. The third-order valence-corrected chi connectivity index (χ3v) is 5.55. The summed E-state index contributed by atoms with van der Waals surface area (Å²) in [6, 6.07) is 3.62. The second-order valence-electron chi connectivity index (χ2n) is 7.06. The van der Waals surface area contributed by atoms with Crippen molar-refractivity contribution in [2.45, 2.75) is 51.1 Å². The summed E-state index contributed by atoms with van der Waals surface area (Å²) >= 11 is 0. The number of amides is 1. The van der Waals surface area contributed by atoms with Crippen LogP contribution >= 0.6 is 0 Å². The van der Waals surface area contributed by atoms with Crippen molar-refractivity contribution in [3.63, 3.8) is 0 Å². The van der Waals surface area contributed by atoms with E-state index < -0.39 is 0 Å². The third kappa shape index (κ3) is 2.53. The molecule has 4 rings (SSSR count). The summed E-state index contributed by atoms with van der Waals surface area (Å²) in [4.78, 5) is 14.8. The fourth-order valence-corrected chi connectivity index (χ4v) is 4.16. The van der Waals surface area contributed by atoms with Crippen molar-refractivity contribution < 1.29 is 4.79 Å².